The summed E-state index contributed by atoms with van der Waals surface area (Å²) >= 11 is 0. The van der Waals surface area contributed by atoms with Gasteiger partial charge in [-0.2, -0.15) is 23.5 Å². The van der Waals surface area contributed by atoms with E-state index in [1.165, 1.54) is 12.1 Å². The van der Waals surface area contributed by atoms with E-state index in [0.29, 0.717) is 35.6 Å². The molecule has 0 atom stereocenters. The third kappa shape index (κ3) is 5.00. The van der Waals surface area contributed by atoms with Crippen molar-refractivity contribution in [3.63, 3.8) is 0 Å². The summed E-state index contributed by atoms with van der Waals surface area (Å²) in [4.78, 5) is 8.64. The van der Waals surface area contributed by atoms with E-state index < -0.39 is 12.7 Å². The van der Waals surface area contributed by atoms with Crippen molar-refractivity contribution in [2.45, 2.75) is 37.9 Å². The number of aromatic nitrogens is 4. The maximum Gasteiger partial charge on any atom is 0.408 e. The van der Waals surface area contributed by atoms with Crippen molar-refractivity contribution in [3.8, 4) is 29.1 Å². The fraction of sp³-hybridized carbons (Fsp3) is 0.333. The third-order valence-corrected chi connectivity index (χ3v) is 4.79. The van der Waals surface area contributed by atoms with Crippen LogP contribution >= 0.6 is 0 Å². The quantitative estimate of drug-likeness (QED) is 0.611. The average Bonchev–Trinajstić information content (AvgIpc) is 3.51. The normalized spacial score (nSPS) is 13.8. The van der Waals surface area contributed by atoms with E-state index >= 15 is 0 Å². The molecule has 0 saturated heterocycles. The van der Waals surface area contributed by atoms with Gasteiger partial charge in [-0.05, 0) is 49.6 Å². The van der Waals surface area contributed by atoms with Crippen LogP contribution in [0.5, 0.6) is 11.6 Å². The first-order valence-electron chi connectivity index (χ1n) is 9.74. The van der Waals surface area contributed by atoms with E-state index in [9.17, 15) is 18.4 Å². The Hall–Kier alpha value is -3.45. The molecule has 31 heavy (non-hydrogen) atoms. The maximum atomic E-state index is 13.1. The van der Waals surface area contributed by atoms with E-state index in [2.05, 4.69) is 15.1 Å². The van der Waals surface area contributed by atoms with Crippen LogP contribution in [0.1, 0.15) is 35.6 Å². The molecule has 0 amide bonds. The molecule has 10 heteroatoms. The Labute approximate surface area is 176 Å². The van der Waals surface area contributed by atoms with Crippen molar-refractivity contribution in [1.29, 1.82) is 5.26 Å². The number of hydrogen-bond donors (Lipinski definition) is 1. The molecule has 0 radical (unpaired) electrons. The highest BCUT2D eigenvalue weighted by molar-refractivity contribution is 5.66. The van der Waals surface area contributed by atoms with Gasteiger partial charge in [0.25, 0.3) is 0 Å². The highest BCUT2D eigenvalue weighted by Crippen LogP contribution is 2.42. The molecule has 3 aromatic rings. The predicted molar refractivity (Wildman–Crippen MR) is 105 cm³/mol. The second-order valence-corrected chi connectivity index (χ2v) is 7.33. The Kier molecular flexibility index (Phi) is 5.61. The predicted octanol–water partition coefficient (Wildman–Crippen LogP) is 3.94. The van der Waals surface area contributed by atoms with Crippen LogP contribution in [0.2, 0.25) is 0 Å². The summed E-state index contributed by atoms with van der Waals surface area (Å²) in [5.41, 5.74) is 7.72. The number of benzene rings is 1. The zero-order chi connectivity index (χ0) is 22.0. The molecule has 0 bridgehead atoms. The first kappa shape index (κ1) is 20.8. The fourth-order valence-corrected chi connectivity index (χ4v) is 3.13. The first-order chi connectivity index (χ1) is 14.9. The van der Waals surface area contributed by atoms with E-state index in [1.54, 1.807) is 24.5 Å². The van der Waals surface area contributed by atoms with Crippen molar-refractivity contribution in [2.24, 2.45) is 5.73 Å². The number of nitrogens with two attached hydrogens (primary N) is 1. The summed E-state index contributed by atoms with van der Waals surface area (Å²) in [6.45, 7) is -0.812. The molecule has 2 aromatic heterocycles. The SMILES string of the molecule is N#Cc1ccc(-c2ncc(CCN)cn2)c(Oc2cc(C3CC3)nn2CC(F)(F)F)c1. The molecule has 1 aliphatic carbocycles. The van der Waals surface area contributed by atoms with Crippen LogP contribution in [-0.2, 0) is 13.0 Å². The summed E-state index contributed by atoms with van der Waals surface area (Å²) in [6.07, 6.45) is 1.22. The van der Waals surface area contributed by atoms with E-state index in [1.807, 2.05) is 6.07 Å². The van der Waals surface area contributed by atoms with Crippen LogP contribution in [0, 0.1) is 11.3 Å². The number of alkyl halides is 3. The van der Waals surface area contributed by atoms with Crippen LogP contribution in [0.3, 0.4) is 0 Å². The van der Waals surface area contributed by atoms with E-state index in [4.69, 9.17) is 10.5 Å². The average molecular weight is 428 g/mol. The van der Waals surface area contributed by atoms with Gasteiger partial charge < -0.3 is 10.5 Å². The van der Waals surface area contributed by atoms with E-state index in [-0.39, 0.29) is 17.5 Å². The molecule has 0 aliphatic heterocycles. The lowest BCUT2D eigenvalue weighted by Gasteiger charge is -2.13. The van der Waals surface area contributed by atoms with Crippen molar-refractivity contribution in [1.82, 2.24) is 19.7 Å². The Morgan fingerprint density at radius 1 is 1.19 bits per heavy atom. The second kappa shape index (κ2) is 8.35. The molecule has 1 saturated carbocycles. The Bertz CT molecular complexity index is 1110. The van der Waals surface area contributed by atoms with Crippen LogP contribution < -0.4 is 10.5 Å². The molecule has 2 N–H and O–H groups in total. The summed E-state index contributed by atoms with van der Waals surface area (Å²) in [7, 11) is 0. The Balaban J connectivity index is 1.71. The third-order valence-electron chi connectivity index (χ3n) is 4.79. The topological polar surface area (TPSA) is 103 Å². The monoisotopic (exact) mass is 428 g/mol. The molecular formula is C21H19F3N6O. The van der Waals surface area contributed by atoms with Crippen molar-refractivity contribution < 1.29 is 17.9 Å². The smallest absolute Gasteiger partial charge is 0.408 e. The number of nitriles is 1. The standard InChI is InChI=1S/C21H19F3N6O/c22-21(23,24)12-30-19(8-17(29-30)15-2-3-15)31-18-7-13(9-26)1-4-16(18)20-27-10-14(5-6-25)11-28-20/h1,4,7-8,10-11,15H,2-3,5-6,12,25H2. The molecule has 1 aliphatic rings. The lowest BCUT2D eigenvalue weighted by atomic mass is 10.1. The maximum absolute atomic E-state index is 13.1. The van der Waals surface area contributed by atoms with Gasteiger partial charge in [-0.1, -0.05) is 0 Å². The fourth-order valence-electron chi connectivity index (χ4n) is 3.13. The highest BCUT2D eigenvalue weighted by atomic mass is 19.4. The number of rotatable bonds is 7. The largest absolute Gasteiger partial charge is 0.438 e. The van der Waals surface area contributed by atoms with Crippen molar-refractivity contribution in [2.75, 3.05) is 6.54 Å². The minimum absolute atomic E-state index is 0.0460. The lowest BCUT2D eigenvalue weighted by Crippen LogP contribution is -2.19. The molecular weight excluding hydrogens is 409 g/mol. The first-order valence-corrected chi connectivity index (χ1v) is 9.74. The Morgan fingerprint density at radius 3 is 2.55 bits per heavy atom. The van der Waals surface area contributed by atoms with Gasteiger partial charge in [-0.3, -0.25) is 0 Å². The van der Waals surface area contributed by atoms with Crippen LogP contribution in [-0.4, -0.2) is 32.5 Å². The minimum Gasteiger partial charge on any atom is -0.438 e. The number of halogens is 3. The molecule has 0 unspecified atom stereocenters. The van der Waals surface area contributed by atoms with Gasteiger partial charge in [0, 0.05) is 24.4 Å². The van der Waals surface area contributed by atoms with Crippen LogP contribution in [0.25, 0.3) is 11.4 Å². The molecule has 7 nitrogen and oxygen atoms in total. The minimum atomic E-state index is -4.45. The molecule has 160 valence electrons. The van der Waals surface area contributed by atoms with Crippen molar-refractivity contribution in [3.05, 3.63) is 53.5 Å². The van der Waals surface area contributed by atoms with Gasteiger partial charge >= 0.3 is 6.18 Å². The lowest BCUT2D eigenvalue weighted by molar-refractivity contribution is -0.143. The summed E-state index contributed by atoms with van der Waals surface area (Å²) in [5.74, 6) is 0.608. The second-order valence-electron chi connectivity index (χ2n) is 7.33. The summed E-state index contributed by atoms with van der Waals surface area (Å²) < 4.78 is 45.9. The molecule has 2 heterocycles. The van der Waals surface area contributed by atoms with Gasteiger partial charge in [0.1, 0.15) is 12.3 Å². The summed E-state index contributed by atoms with van der Waals surface area (Å²) in [5, 5.41) is 13.4. The molecule has 0 spiro atoms. The van der Waals surface area contributed by atoms with Crippen LogP contribution in [0.15, 0.2) is 36.7 Å². The van der Waals surface area contributed by atoms with Crippen LogP contribution in [0.4, 0.5) is 13.2 Å². The van der Waals surface area contributed by atoms with Crippen molar-refractivity contribution >= 4 is 0 Å². The van der Waals surface area contributed by atoms with Gasteiger partial charge in [0.05, 0.1) is 22.9 Å². The molecule has 1 fully saturated rings. The zero-order valence-electron chi connectivity index (χ0n) is 16.4. The zero-order valence-corrected chi connectivity index (χ0v) is 16.4. The van der Waals surface area contributed by atoms with Gasteiger partial charge in [-0.25, -0.2) is 14.6 Å². The van der Waals surface area contributed by atoms with Gasteiger partial charge in [0.2, 0.25) is 5.88 Å². The Morgan fingerprint density at radius 2 is 1.94 bits per heavy atom. The van der Waals surface area contributed by atoms with Gasteiger partial charge in [-0.15, -0.1) is 0 Å². The molecule has 1 aromatic carbocycles. The van der Waals surface area contributed by atoms with E-state index in [0.717, 1.165) is 23.1 Å². The number of hydrogen-bond acceptors (Lipinski definition) is 6. The number of nitrogens with zero attached hydrogens (tertiary/aromatic N) is 5. The number of ether oxygens (including phenoxy) is 1. The highest BCUT2D eigenvalue weighted by Gasteiger charge is 2.33. The summed E-state index contributed by atoms with van der Waals surface area (Å²) in [6, 6.07) is 8.17. The van der Waals surface area contributed by atoms with Gasteiger partial charge in [0.15, 0.2) is 5.82 Å². The molecule has 4 rings (SSSR count).